The van der Waals surface area contributed by atoms with E-state index >= 15 is 0 Å². The van der Waals surface area contributed by atoms with Crippen molar-refractivity contribution in [1.29, 1.82) is 0 Å². The van der Waals surface area contributed by atoms with Gasteiger partial charge in [-0.2, -0.15) is 0 Å². The molecule has 10 heteroatoms. The van der Waals surface area contributed by atoms with Gasteiger partial charge in [-0.25, -0.2) is 4.98 Å². The monoisotopic (exact) mass is 766 g/mol. The van der Waals surface area contributed by atoms with E-state index in [0.29, 0.717) is 11.4 Å². The van der Waals surface area contributed by atoms with Crippen molar-refractivity contribution in [2.24, 2.45) is 0 Å². The van der Waals surface area contributed by atoms with Crippen LogP contribution in [0, 0.1) is 34.6 Å². The Hall–Kier alpha value is -7.46. The van der Waals surface area contributed by atoms with Gasteiger partial charge in [0.25, 0.3) is 11.1 Å². The summed E-state index contributed by atoms with van der Waals surface area (Å²) in [6, 6.07) is 29.4. The van der Waals surface area contributed by atoms with Crippen molar-refractivity contribution >= 4 is 32.7 Å². The number of aromatic nitrogens is 6. The van der Waals surface area contributed by atoms with Crippen LogP contribution >= 0.6 is 0 Å². The van der Waals surface area contributed by atoms with Crippen molar-refractivity contribution in [1.82, 2.24) is 29.9 Å². The quantitative estimate of drug-likeness (QED) is 0.161. The van der Waals surface area contributed by atoms with Crippen molar-refractivity contribution in [3.63, 3.8) is 0 Å². The first-order chi connectivity index (χ1) is 28.0. The van der Waals surface area contributed by atoms with Crippen LogP contribution in [-0.4, -0.2) is 42.1 Å². The molecule has 58 heavy (non-hydrogen) atoms. The summed E-state index contributed by atoms with van der Waals surface area (Å²) in [7, 11) is 1.64. The maximum Gasteiger partial charge on any atom is 0.250 e. The summed E-state index contributed by atoms with van der Waals surface area (Å²) in [5.41, 5.74) is 13.6. The lowest BCUT2D eigenvalue weighted by Crippen LogP contribution is -2.07. The van der Waals surface area contributed by atoms with Gasteiger partial charge in [0.05, 0.1) is 23.7 Å². The van der Waals surface area contributed by atoms with Gasteiger partial charge in [-0.05, 0) is 134 Å². The molecule has 0 amide bonds. The molecule has 0 radical (unpaired) electrons. The molecule has 3 aromatic carbocycles. The molecule has 0 bridgehead atoms. The Morgan fingerprint density at radius 3 is 1.38 bits per heavy atom. The van der Waals surface area contributed by atoms with Crippen LogP contribution in [0.15, 0.2) is 138 Å². The second-order valence-corrected chi connectivity index (χ2v) is 14.2. The third kappa shape index (κ3) is 8.36. The molecule has 3 N–H and O–H groups in total. The van der Waals surface area contributed by atoms with Crippen LogP contribution < -0.4 is 15.9 Å². The van der Waals surface area contributed by atoms with Crippen LogP contribution in [0.4, 0.5) is 0 Å². The van der Waals surface area contributed by atoms with Gasteiger partial charge in [-0.15, -0.1) is 0 Å². The van der Waals surface area contributed by atoms with Crippen LogP contribution in [0.5, 0.6) is 11.6 Å². The van der Waals surface area contributed by atoms with Gasteiger partial charge in [-0.3, -0.25) is 24.5 Å². The Balaban J connectivity index is 0.000000132. The van der Waals surface area contributed by atoms with Crippen LogP contribution in [0.25, 0.3) is 66.1 Å². The molecule has 9 rings (SSSR count). The van der Waals surface area contributed by atoms with E-state index in [2.05, 4.69) is 86.2 Å². The number of fused-ring (bicyclic) bond motifs is 3. The molecule has 288 valence electrons. The first kappa shape index (κ1) is 38.8. The molecule has 0 aliphatic rings. The number of methoxy groups -OCH3 is 1. The number of aryl methyl sites for hydroxylation is 5. The summed E-state index contributed by atoms with van der Waals surface area (Å²) in [6.07, 6.45) is 10.6. The number of aromatic hydroxyl groups is 1. The first-order valence-corrected chi connectivity index (χ1v) is 18.7. The minimum absolute atomic E-state index is 0.0436. The predicted molar refractivity (Wildman–Crippen MR) is 232 cm³/mol. The number of ether oxygens (including phenoxy) is 1. The van der Waals surface area contributed by atoms with Crippen LogP contribution in [0.3, 0.4) is 0 Å². The Labute approximate surface area is 335 Å². The van der Waals surface area contributed by atoms with Crippen LogP contribution in [0.2, 0.25) is 0 Å². The standard InChI is InChI=1S/C17H16N2O.C16H14N2O.C15H12N2O2/c1-11-4-5-15-14(6-7-18-16(15)8-11)13-9-12(2)17(20-3)19-10-13;1-10-3-4-14-13(5-6-17-15(14)7-10)12-8-11(2)16(19)18-9-12;1-9-6-10(8-17-15(9)19)12-4-5-16-14-7-11(18)2-3-13(12)14/h4-10H,1-3H3;3-9H,1-2H3,(H,18,19);2-8,18H,1H3,(H,17,19). The van der Waals surface area contributed by atoms with Crippen LogP contribution in [-0.2, 0) is 0 Å². The SMILES string of the molecule is COc1ncc(-c2ccnc3cc(C)ccc23)cc1C.Cc1cc(-c2ccnc3cc(O)ccc23)c[nH]c1=O.Cc1ccc2c(-c3c[nH]c(=O)c(C)c3)ccnc2c1. The maximum atomic E-state index is 11.4. The lowest BCUT2D eigenvalue weighted by atomic mass is 10.0. The topological polar surface area (TPSA) is 147 Å². The highest BCUT2D eigenvalue weighted by Gasteiger charge is 2.10. The maximum absolute atomic E-state index is 11.4. The number of hydrogen-bond donors (Lipinski definition) is 3. The zero-order valence-electron chi connectivity index (χ0n) is 33.1. The zero-order chi connectivity index (χ0) is 40.9. The third-order valence-electron chi connectivity index (χ3n) is 9.86. The average molecular weight is 767 g/mol. The second-order valence-electron chi connectivity index (χ2n) is 14.2. The lowest BCUT2D eigenvalue weighted by Gasteiger charge is -2.09. The van der Waals surface area contributed by atoms with E-state index < -0.39 is 0 Å². The fraction of sp³-hybridized carbons (Fsp3) is 0.125. The molecule has 0 spiro atoms. The van der Waals surface area contributed by atoms with E-state index in [-0.39, 0.29) is 16.9 Å². The Morgan fingerprint density at radius 1 is 0.500 bits per heavy atom. The van der Waals surface area contributed by atoms with Crippen molar-refractivity contribution < 1.29 is 9.84 Å². The second kappa shape index (κ2) is 16.7. The van der Waals surface area contributed by atoms with E-state index in [1.807, 2.05) is 62.6 Å². The molecule has 0 unspecified atom stereocenters. The average Bonchev–Trinajstić information content (AvgIpc) is 3.22. The summed E-state index contributed by atoms with van der Waals surface area (Å²) in [6.45, 7) is 9.72. The van der Waals surface area contributed by atoms with Crippen molar-refractivity contribution in [3.05, 3.63) is 177 Å². The number of hydrogen-bond acceptors (Lipinski definition) is 8. The van der Waals surface area contributed by atoms with Gasteiger partial charge < -0.3 is 19.8 Å². The van der Waals surface area contributed by atoms with Crippen molar-refractivity contribution in [2.45, 2.75) is 34.6 Å². The number of nitrogens with one attached hydrogen (secondary N) is 2. The van der Waals surface area contributed by atoms with Gasteiger partial charge in [0, 0.05) is 81.7 Å². The van der Waals surface area contributed by atoms with Gasteiger partial charge in [-0.1, -0.05) is 24.3 Å². The third-order valence-corrected chi connectivity index (χ3v) is 9.86. The van der Waals surface area contributed by atoms with Gasteiger partial charge in [0.2, 0.25) is 5.88 Å². The molecule has 0 saturated carbocycles. The number of aromatic amines is 2. The summed E-state index contributed by atoms with van der Waals surface area (Å²) in [5, 5.41) is 12.7. The van der Waals surface area contributed by atoms with E-state index in [4.69, 9.17) is 4.74 Å². The van der Waals surface area contributed by atoms with Gasteiger partial charge in [0.1, 0.15) is 5.75 Å². The molecule has 10 nitrogen and oxygen atoms in total. The molecule has 0 aliphatic heterocycles. The van der Waals surface area contributed by atoms with Crippen LogP contribution in [0.1, 0.15) is 27.8 Å². The highest BCUT2D eigenvalue weighted by atomic mass is 16.5. The largest absolute Gasteiger partial charge is 0.508 e. The summed E-state index contributed by atoms with van der Waals surface area (Å²) in [4.78, 5) is 45.8. The van der Waals surface area contributed by atoms with Gasteiger partial charge in [0.15, 0.2) is 0 Å². The minimum atomic E-state index is -0.0836. The summed E-state index contributed by atoms with van der Waals surface area (Å²) in [5.74, 6) is 0.859. The Morgan fingerprint density at radius 2 is 0.931 bits per heavy atom. The first-order valence-electron chi connectivity index (χ1n) is 18.7. The number of phenols is 1. The molecular weight excluding hydrogens is 725 g/mol. The lowest BCUT2D eigenvalue weighted by molar-refractivity contribution is 0.394. The molecule has 6 heterocycles. The Kier molecular flexibility index (Phi) is 11.2. The van der Waals surface area contributed by atoms with E-state index in [9.17, 15) is 14.7 Å². The fourth-order valence-corrected chi connectivity index (χ4v) is 6.84. The van der Waals surface area contributed by atoms with Gasteiger partial charge >= 0.3 is 0 Å². The summed E-state index contributed by atoms with van der Waals surface area (Å²) < 4.78 is 5.22. The van der Waals surface area contributed by atoms with Crippen molar-refractivity contribution in [3.8, 4) is 45.0 Å². The number of benzene rings is 3. The number of nitrogens with zero attached hydrogens (tertiary/aromatic N) is 4. The number of phenolic OH excluding ortho intramolecular Hbond substituents is 1. The normalized spacial score (nSPS) is 10.8. The molecular formula is C48H42N6O4. The number of pyridine rings is 6. The molecule has 0 fully saturated rings. The Bertz CT molecular complexity index is 2940. The van der Waals surface area contributed by atoms with E-state index in [1.165, 1.54) is 11.1 Å². The molecule has 0 aliphatic carbocycles. The number of H-pyrrole nitrogens is 2. The highest BCUT2D eigenvalue weighted by Crippen LogP contribution is 2.31. The van der Waals surface area contributed by atoms with Crippen molar-refractivity contribution in [2.75, 3.05) is 7.11 Å². The van der Waals surface area contributed by atoms with E-state index in [1.54, 1.807) is 51.0 Å². The highest BCUT2D eigenvalue weighted by molar-refractivity contribution is 5.96. The molecule has 9 aromatic rings. The smallest absolute Gasteiger partial charge is 0.250 e. The molecule has 0 saturated heterocycles. The number of rotatable bonds is 4. The summed E-state index contributed by atoms with van der Waals surface area (Å²) >= 11 is 0. The fourth-order valence-electron chi connectivity index (χ4n) is 6.84. The molecule has 0 atom stereocenters. The molecule has 6 aromatic heterocycles. The van der Waals surface area contributed by atoms with E-state index in [0.717, 1.165) is 77.2 Å². The predicted octanol–water partition coefficient (Wildman–Crippen LogP) is 9.73. The minimum Gasteiger partial charge on any atom is -0.508 e. The zero-order valence-corrected chi connectivity index (χ0v) is 33.1.